The zero-order chi connectivity index (χ0) is 11.6. The van der Waals surface area contributed by atoms with Crippen LogP contribution < -0.4 is 5.32 Å². The normalized spacial score (nSPS) is 24.1. The summed E-state index contributed by atoms with van der Waals surface area (Å²) in [4.78, 5) is 8.27. The van der Waals surface area contributed by atoms with E-state index in [2.05, 4.69) is 29.1 Å². The number of anilines is 1. The molecule has 0 aromatic carbocycles. The summed E-state index contributed by atoms with van der Waals surface area (Å²) >= 11 is 5.82. The Kier molecular flexibility index (Phi) is 3.33. The monoisotopic (exact) mass is 239 g/mol. The van der Waals surface area contributed by atoms with Gasteiger partial charge < -0.3 is 5.32 Å². The van der Waals surface area contributed by atoms with Gasteiger partial charge >= 0.3 is 0 Å². The van der Waals surface area contributed by atoms with E-state index in [0.717, 1.165) is 5.82 Å². The zero-order valence-electron chi connectivity index (χ0n) is 9.83. The fourth-order valence-electron chi connectivity index (χ4n) is 2.35. The highest BCUT2D eigenvalue weighted by Gasteiger charge is 2.32. The summed E-state index contributed by atoms with van der Waals surface area (Å²) in [6.07, 6.45) is 8.36. The molecule has 1 heterocycles. The van der Waals surface area contributed by atoms with Crippen molar-refractivity contribution in [3.8, 4) is 0 Å². The van der Waals surface area contributed by atoms with Crippen LogP contribution in [0.15, 0.2) is 12.4 Å². The molecule has 1 N–H and O–H groups in total. The topological polar surface area (TPSA) is 37.8 Å². The first-order valence-electron chi connectivity index (χ1n) is 5.82. The highest BCUT2D eigenvalue weighted by Crippen LogP contribution is 2.36. The van der Waals surface area contributed by atoms with Crippen molar-refractivity contribution in [2.45, 2.75) is 45.6 Å². The van der Waals surface area contributed by atoms with E-state index >= 15 is 0 Å². The van der Waals surface area contributed by atoms with E-state index in [9.17, 15) is 0 Å². The zero-order valence-corrected chi connectivity index (χ0v) is 10.6. The molecule has 4 heteroatoms. The van der Waals surface area contributed by atoms with E-state index in [0.29, 0.717) is 16.6 Å². The molecule has 1 unspecified atom stereocenters. The Morgan fingerprint density at radius 1 is 1.38 bits per heavy atom. The number of hydrogen-bond acceptors (Lipinski definition) is 3. The third kappa shape index (κ3) is 2.64. The van der Waals surface area contributed by atoms with Crippen LogP contribution in [-0.2, 0) is 0 Å². The van der Waals surface area contributed by atoms with E-state index in [1.54, 1.807) is 12.4 Å². The smallest absolute Gasteiger partial charge is 0.149 e. The summed E-state index contributed by atoms with van der Waals surface area (Å²) in [5.74, 6) is 0.785. The lowest BCUT2D eigenvalue weighted by Crippen LogP contribution is -2.39. The molecule has 0 aliphatic heterocycles. The molecule has 0 amide bonds. The molecule has 1 aromatic heterocycles. The van der Waals surface area contributed by atoms with Crippen molar-refractivity contribution in [3.05, 3.63) is 17.5 Å². The van der Waals surface area contributed by atoms with Crippen LogP contribution in [0.5, 0.6) is 0 Å². The molecule has 16 heavy (non-hydrogen) atoms. The lowest BCUT2D eigenvalue weighted by molar-refractivity contribution is 0.216. The first kappa shape index (κ1) is 11.6. The van der Waals surface area contributed by atoms with E-state index < -0.39 is 0 Å². The minimum atomic E-state index is 0.322. The summed E-state index contributed by atoms with van der Waals surface area (Å²) in [6.45, 7) is 4.61. The second-order valence-electron chi connectivity index (χ2n) is 5.16. The van der Waals surface area contributed by atoms with Gasteiger partial charge in [0.25, 0.3) is 0 Å². The highest BCUT2D eigenvalue weighted by molar-refractivity contribution is 6.29. The largest absolute Gasteiger partial charge is 0.365 e. The maximum absolute atomic E-state index is 5.82. The van der Waals surface area contributed by atoms with Crippen molar-refractivity contribution in [3.63, 3.8) is 0 Å². The second-order valence-corrected chi connectivity index (χ2v) is 5.55. The molecule has 1 aliphatic carbocycles. The molecule has 0 radical (unpaired) electrons. The van der Waals surface area contributed by atoms with E-state index in [1.807, 2.05) is 0 Å². The Morgan fingerprint density at radius 2 is 2.19 bits per heavy atom. The van der Waals surface area contributed by atoms with Crippen LogP contribution in [0.1, 0.15) is 39.5 Å². The Morgan fingerprint density at radius 3 is 2.88 bits per heavy atom. The van der Waals surface area contributed by atoms with Crippen molar-refractivity contribution >= 4 is 17.4 Å². The molecule has 1 saturated carbocycles. The average Bonchev–Trinajstić information content (AvgIpc) is 2.21. The maximum Gasteiger partial charge on any atom is 0.149 e. The number of halogens is 1. The van der Waals surface area contributed by atoms with Gasteiger partial charge in [-0.25, -0.2) is 4.98 Å². The summed E-state index contributed by atoms with van der Waals surface area (Å²) in [7, 11) is 0. The van der Waals surface area contributed by atoms with Gasteiger partial charge in [0.1, 0.15) is 11.0 Å². The van der Waals surface area contributed by atoms with Gasteiger partial charge in [0, 0.05) is 6.04 Å². The first-order chi connectivity index (χ1) is 7.58. The summed E-state index contributed by atoms with van der Waals surface area (Å²) in [6, 6.07) is 0.467. The number of rotatable bonds is 2. The lowest BCUT2D eigenvalue weighted by Gasteiger charge is -2.39. The molecule has 0 spiro atoms. The Bertz CT molecular complexity index is 365. The van der Waals surface area contributed by atoms with Crippen LogP contribution >= 0.6 is 11.6 Å². The molecule has 0 bridgehead atoms. The summed E-state index contributed by atoms with van der Waals surface area (Å²) in [5.41, 5.74) is 0.322. The lowest BCUT2D eigenvalue weighted by atomic mass is 9.73. The Hall–Kier alpha value is -0.830. The molecule has 1 aromatic rings. The molecule has 1 aliphatic rings. The van der Waals surface area contributed by atoms with Crippen LogP contribution in [-0.4, -0.2) is 16.0 Å². The van der Waals surface area contributed by atoms with Crippen LogP contribution in [0, 0.1) is 5.41 Å². The predicted molar refractivity (Wildman–Crippen MR) is 66.7 cm³/mol. The third-order valence-electron chi connectivity index (χ3n) is 3.43. The van der Waals surface area contributed by atoms with Crippen molar-refractivity contribution in [2.75, 3.05) is 5.32 Å². The standard InChI is InChI=1S/C12H18ClN3/c1-12(2)6-4-3-5-9(12)15-11-8-14-7-10(13)16-11/h7-9H,3-6H2,1-2H3,(H,15,16). The second kappa shape index (κ2) is 4.58. The van der Waals surface area contributed by atoms with Crippen LogP contribution in [0.3, 0.4) is 0 Å². The Balaban J connectivity index is 2.08. The number of hydrogen-bond donors (Lipinski definition) is 1. The van der Waals surface area contributed by atoms with E-state index in [1.165, 1.54) is 25.7 Å². The average molecular weight is 240 g/mol. The SMILES string of the molecule is CC1(C)CCCCC1Nc1cncc(Cl)n1. The molecule has 0 saturated heterocycles. The summed E-state index contributed by atoms with van der Waals surface area (Å²) in [5, 5.41) is 3.90. The molecule has 88 valence electrons. The van der Waals surface area contributed by atoms with Crippen molar-refractivity contribution < 1.29 is 0 Å². The van der Waals surface area contributed by atoms with Crippen molar-refractivity contribution in [1.82, 2.24) is 9.97 Å². The predicted octanol–water partition coefficient (Wildman–Crippen LogP) is 3.51. The fraction of sp³-hybridized carbons (Fsp3) is 0.667. The van der Waals surface area contributed by atoms with Crippen LogP contribution in [0.25, 0.3) is 0 Å². The number of nitrogens with one attached hydrogen (secondary N) is 1. The minimum absolute atomic E-state index is 0.322. The summed E-state index contributed by atoms with van der Waals surface area (Å²) < 4.78 is 0. The van der Waals surface area contributed by atoms with Gasteiger partial charge in [0.15, 0.2) is 0 Å². The minimum Gasteiger partial charge on any atom is -0.365 e. The Labute approximate surface area is 102 Å². The molecule has 1 atom stereocenters. The number of aromatic nitrogens is 2. The van der Waals surface area contributed by atoms with Gasteiger partial charge in [-0.05, 0) is 18.3 Å². The fourth-order valence-corrected chi connectivity index (χ4v) is 2.50. The molecule has 2 rings (SSSR count). The van der Waals surface area contributed by atoms with Gasteiger partial charge in [0.05, 0.1) is 12.4 Å². The van der Waals surface area contributed by atoms with E-state index in [-0.39, 0.29) is 0 Å². The first-order valence-corrected chi connectivity index (χ1v) is 6.20. The number of nitrogens with zero attached hydrogens (tertiary/aromatic N) is 2. The van der Waals surface area contributed by atoms with E-state index in [4.69, 9.17) is 11.6 Å². The highest BCUT2D eigenvalue weighted by atomic mass is 35.5. The van der Waals surface area contributed by atoms with Crippen molar-refractivity contribution in [2.24, 2.45) is 5.41 Å². The van der Waals surface area contributed by atoms with Crippen LogP contribution in [0.4, 0.5) is 5.82 Å². The molecular formula is C12H18ClN3. The maximum atomic E-state index is 5.82. The van der Waals surface area contributed by atoms with Gasteiger partial charge in [-0.15, -0.1) is 0 Å². The quantitative estimate of drug-likeness (QED) is 0.858. The van der Waals surface area contributed by atoms with Gasteiger partial charge in [-0.3, -0.25) is 4.98 Å². The van der Waals surface area contributed by atoms with Crippen LogP contribution in [0.2, 0.25) is 5.15 Å². The molecule has 3 nitrogen and oxygen atoms in total. The van der Waals surface area contributed by atoms with Gasteiger partial charge in [-0.1, -0.05) is 38.3 Å². The van der Waals surface area contributed by atoms with Gasteiger partial charge in [-0.2, -0.15) is 0 Å². The van der Waals surface area contributed by atoms with Crippen molar-refractivity contribution in [1.29, 1.82) is 0 Å². The molecular weight excluding hydrogens is 222 g/mol. The third-order valence-corrected chi connectivity index (χ3v) is 3.62. The van der Waals surface area contributed by atoms with Gasteiger partial charge in [0.2, 0.25) is 0 Å². The molecule has 1 fully saturated rings.